The molecule has 0 aromatic heterocycles. The largest absolute Gasteiger partial charge is 0.305 e. The summed E-state index contributed by atoms with van der Waals surface area (Å²) in [6, 6.07) is 1.42. The molecular weight excluding hydrogens is 128 g/mol. The van der Waals surface area contributed by atoms with Gasteiger partial charge in [0.05, 0.1) is 0 Å². The Labute approximate surface area is 60.8 Å². The van der Waals surface area contributed by atoms with Gasteiger partial charge in [-0.15, -0.1) is 0 Å². The molecule has 0 aliphatic carbocycles. The van der Waals surface area contributed by atoms with Crippen LogP contribution in [0, 0.1) is 0 Å². The molecular formula is C6H18N2Si. The monoisotopic (exact) mass is 146 g/mol. The van der Waals surface area contributed by atoms with Crippen molar-refractivity contribution in [3.05, 3.63) is 0 Å². The lowest BCUT2D eigenvalue weighted by Crippen LogP contribution is -2.29. The summed E-state index contributed by atoms with van der Waals surface area (Å²) >= 11 is 0. The summed E-state index contributed by atoms with van der Waals surface area (Å²) in [5.41, 5.74) is 0. The van der Waals surface area contributed by atoms with E-state index in [1.54, 1.807) is 0 Å². The highest BCUT2D eigenvalue weighted by Gasteiger charge is 1.81. The van der Waals surface area contributed by atoms with Crippen molar-refractivity contribution in [3.63, 3.8) is 0 Å². The van der Waals surface area contributed by atoms with Gasteiger partial charge in [0.15, 0.2) is 0 Å². The first-order chi connectivity index (χ1) is 4.41. The normalized spacial score (nSPS) is 10.3. The van der Waals surface area contributed by atoms with E-state index < -0.39 is 0 Å². The first-order valence-electron chi connectivity index (χ1n) is 3.83. The maximum Gasteiger partial charge on any atom is 0.0454 e. The van der Waals surface area contributed by atoms with Crippen LogP contribution in [0.5, 0.6) is 0 Å². The molecule has 0 aliphatic heterocycles. The van der Waals surface area contributed by atoms with Crippen LogP contribution in [0.2, 0.25) is 6.04 Å². The summed E-state index contributed by atoms with van der Waals surface area (Å²) in [6.45, 7) is 5.33. The Morgan fingerprint density at radius 1 is 1.33 bits per heavy atom. The quantitative estimate of drug-likeness (QED) is 0.295. The molecule has 0 saturated carbocycles. The Kier molecular flexibility index (Phi) is 8.26. The van der Waals surface area contributed by atoms with Crippen LogP contribution < -0.4 is 10.6 Å². The third-order valence-electron chi connectivity index (χ3n) is 1.21. The van der Waals surface area contributed by atoms with Gasteiger partial charge in [-0.3, -0.25) is 0 Å². The van der Waals surface area contributed by atoms with Crippen LogP contribution in [0.15, 0.2) is 0 Å². The van der Waals surface area contributed by atoms with Gasteiger partial charge in [-0.2, -0.15) is 0 Å². The maximum atomic E-state index is 3.30. The molecule has 9 heavy (non-hydrogen) atoms. The van der Waals surface area contributed by atoms with E-state index in [9.17, 15) is 0 Å². The van der Waals surface area contributed by atoms with Crippen molar-refractivity contribution < 1.29 is 0 Å². The molecule has 0 heterocycles. The van der Waals surface area contributed by atoms with E-state index in [0.29, 0.717) is 0 Å². The van der Waals surface area contributed by atoms with Crippen molar-refractivity contribution >= 4 is 10.2 Å². The van der Waals surface area contributed by atoms with Gasteiger partial charge in [0, 0.05) is 16.9 Å². The predicted octanol–water partition coefficient (Wildman–Crippen LogP) is -0.683. The standard InChI is InChI=1S/C6H18N2Si/c1-2-7-6-8-4-3-5-9/h7-8H,2-6H2,1,9H3. The van der Waals surface area contributed by atoms with Gasteiger partial charge in [0.25, 0.3) is 0 Å². The van der Waals surface area contributed by atoms with Crippen LogP contribution in [0.25, 0.3) is 0 Å². The van der Waals surface area contributed by atoms with Crippen LogP contribution >= 0.6 is 0 Å². The fourth-order valence-corrected chi connectivity index (χ4v) is 0.957. The van der Waals surface area contributed by atoms with Gasteiger partial charge in [-0.05, 0) is 19.5 Å². The van der Waals surface area contributed by atoms with Crippen LogP contribution in [0.3, 0.4) is 0 Å². The smallest absolute Gasteiger partial charge is 0.0454 e. The topological polar surface area (TPSA) is 24.1 Å². The first kappa shape index (κ1) is 9.14. The van der Waals surface area contributed by atoms with E-state index in [1.165, 1.54) is 29.3 Å². The van der Waals surface area contributed by atoms with Gasteiger partial charge in [-0.25, -0.2) is 0 Å². The zero-order valence-electron chi connectivity index (χ0n) is 6.54. The molecule has 0 rings (SSSR count). The van der Waals surface area contributed by atoms with E-state index >= 15 is 0 Å². The summed E-state index contributed by atoms with van der Waals surface area (Å²) in [5, 5.41) is 6.51. The molecule has 0 aromatic carbocycles. The summed E-state index contributed by atoms with van der Waals surface area (Å²) < 4.78 is 0. The van der Waals surface area contributed by atoms with Gasteiger partial charge in [0.1, 0.15) is 0 Å². The minimum atomic E-state index is 0.970. The number of hydrogen-bond acceptors (Lipinski definition) is 2. The molecule has 0 bridgehead atoms. The zero-order valence-corrected chi connectivity index (χ0v) is 8.54. The number of rotatable bonds is 6. The highest BCUT2D eigenvalue weighted by atomic mass is 28.1. The Morgan fingerprint density at radius 3 is 2.67 bits per heavy atom. The lowest BCUT2D eigenvalue weighted by Gasteiger charge is -2.02. The van der Waals surface area contributed by atoms with E-state index in [0.717, 1.165) is 13.2 Å². The van der Waals surface area contributed by atoms with E-state index in [4.69, 9.17) is 0 Å². The molecule has 0 unspecified atom stereocenters. The molecule has 3 heteroatoms. The molecule has 0 amide bonds. The van der Waals surface area contributed by atoms with E-state index in [-0.39, 0.29) is 0 Å². The van der Waals surface area contributed by atoms with Crippen LogP contribution in [-0.2, 0) is 0 Å². The molecule has 56 valence electrons. The Morgan fingerprint density at radius 2 is 2.11 bits per heavy atom. The minimum absolute atomic E-state index is 0.970. The van der Waals surface area contributed by atoms with Crippen LogP contribution in [-0.4, -0.2) is 30.0 Å². The molecule has 0 aromatic rings. The van der Waals surface area contributed by atoms with Gasteiger partial charge in [0.2, 0.25) is 0 Å². The third kappa shape index (κ3) is 8.14. The fraction of sp³-hybridized carbons (Fsp3) is 1.00. The maximum absolute atomic E-state index is 3.30. The summed E-state index contributed by atoms with van der Waals surface area (Å²) in [7, 11) is 1.35. The lowest BCUT2D eigenvalue weighted by molar-refractivity contribution is 0.593. The average Bonchev–Trinajstić information content (AvgIpc) is 1.89. The molecule has 0 radical (unpaired) electrons. The molecule has 0 spiro atoms. The van der Waals surface area contributed by atoms with Crippen molar-refractivity contribution in [1.29, 1.82) is 0 Å². The second-order valence-electron chi connectivity index (χ2n) is 2.13. The molecule has 0 saturated heterocycles. The summed E-state index contributed by atoms with van der Waals surface area (Å²) in [6.07, 6.45) is 1.34. The number of hydrogen-bond donors (Lipinski definition) is 2. The Bertz CT molecular complexity index is 44.3. The summed E-state index contributed by atoms with van der Waals surface area (Å²) in [4.78, 5) is 0. The minimum Gasteiger partial charge on any atom is -0.305 e. The fourth-order valence-electron chi connectivity index (χ4n) is 0.604. The van der Waals surface area contributed by atoms with Crippen molar-refractivity contribution in [3.8, 4) is 0 Å². The SMILES string of the molecule is CCNCNCCC[SiH3]. The molecule has 0 fully saturated rings. The van der Waals surface area contributed by atoms with Gasteiger partial charge >= 0.3 is 0 Å². The molecule has 2 nitrogen and oxygen atoms in total. The molecule has 0 atom stereocenters. The second-order valence-corrected chi connectivity index (χ2v) is 3.13. The Balaban J connectivity index is 2.60. The first-order valence-corrected chi connectivity index (χ1v) is 5.24. The van der Waals surface area contributed by atoms with E-state index in [1.807, 2.05) is 0 Å². The van der Waals surface area contributed by atoms with Crippen LogP contribution in [0.1, 0.15) is 13.3 Å². The highest BCUT2D eigenvalue weighted by molar-refractivity contribution is 6.08. The second kappa shape index (κ2) is 8.14. The van der Waals surface area contributed by atoms with E-state index in [2.05, 4.69) is 17.6 Å². The van der Waals surface area contributed by atoms with Gasteiger partial charge in [-0.1, -0.05) is 13.0 Å². The van der Waals surface area contributed by atoms with Gasteiger partial charge < -0.3 is 10.6 Å². The predicted molar refractivity (Wildman–Crippen MR) is 45.9 cm³/mol. The van der Waals surface area contributed by atoms with Crippen molar-refractivity contribution in [2.75, 3.05) is 19.8 Å². The van der Waals surface area contributed by atoms with Crippen LogP contribution in [0.4, 0.5) is 0 Å². The summed E-state index contributed by atoms with van der Waals surface area (Å²) in [5.74, 6) is 0. The molecule has 2 N–H and O–H groups in total. The third-order valence-corrected chi connectivity index (χ3v) is 1.91. The average molecular weight is 146 g/mol. The lowest BCUT2D eigenvalue weighted by atomic mass is 10.5. The van der Waals surface area contributed by atoms with Crippen molar-refractivity contribution in [2.24, 2.45) is 0 Å². The molecule has 0 aliphatic rings. The number of nitrogens with one attached hydrogen (secondary N) is 2. The van der Waals surface area contributed by atoms with Crippen molar-refractivity contribution in [2.45, 2.75) is 19.4 Å². The van der Waals surface area contributed by atoms with Crippen molar-refractivity contribution in [1.82, 2.24) is 10.6 Å². The zero-order chi connectivity index (χ0) is 6.95. The Hall–Kier alpha value is 0.137. The highest BCUT2D eigenvalue weighted by Crippen LogP contribution is 1.77.